The lowest BCUT2D eigenvalue weighted by atomic mass is 9.93. The molecule has 4 rings (SSSR count). The third-order valence-electron chi connectivity index (χ3n) is 5.54. The summed E-state index contributed by atoms with van der Waals surface area (Å²) in [7, 11) is 0. The summed E-state index contributed by atoms with van der Waals surface area (Å²) in [6.07, 6.45) is 0. The van der Waals surface area contributed by atoms with Gasteiger partial charge in [-0.05, 0) is 28.8 Å². The zero-order valence-corrected chi connectivity index (χ0v) is 18.7. The maximum atomic E-state index is 2.45. The van der Waals surface area contributed by atoms with Crippen LogP contribution in [-0.2, 0) is 13.1 Å². The summed E-state index contributed by atoms with van der Waals surface area (Å²) >= 11 is 0. The largest absolute Gasteiger partial charge is 0.295 e. The minimum Gasteiger partial charge on any atom is -0.295 e. The van der Waals surface area contributed by atoms with Gasteiger partial charge in [0, 0.05) is 19.0 Å². The van der Waals surface area contributed by atoms with Crippen LogP contribution in [0.15, 0.2) is 121 Å². The molecule has 0 amide bonds. The van der Waals surface area contributed by atoms with Gasteiger partial charge in [0.1, 0.15) is 0 Å². The first kappa shape index (κ1) is 22.5. The third-order valence-corrected chi connectivity index (χ3v) is 5.54. The van der Waals surface area contributed by atoms with Crippen molar-refractivity contribution in [3.63, 3.8) is 0 Å². The number of hydrogen-bond donors (Lipinski definition) is 0. The SMILES string of the molecule is CC(c1ccccc1)c1ccccc1.CCN(Cc1ccccc1)Cc1ccccc1. The van der Waals surface area contributed by atoms with Gasteiger partial charge in [0.05, 0.1) is 0 Å². The average molecular weight is 408 g/mol. The summed E-state index contributed by atoms with van der Waals surface area (Å²) in [5.74, 6) is 0.484. The summed E-state index contributed by atoms with van der Waals surface area (Å²) in [5, 5.41) is 0. The quantitative estimate of drug-likeness (QED) is 0.306. The maximum absolute atomic E-state index is 2.45. The Morgan fingerprint density at radius 2 is 0.839 bits per heavy atom. The zero-order chi connectivity index (χ0) is 21.7. The van der Waals surface area contributed by atoms with Gasteiger partial charge in [-0.1, -0.05) is 135 Å². The lowest BCUT2D eigenvalue weighted by molar-refractivity contribution is 0.271. The molecular formula is C30H33N. The molecule has 0 aliphatic carbocycles. The molecule has 0 aliphatic heterocycles. The van der Waals surface area contributed by atoms with Gasteiger partial charge in [0.25, 0.3) is 0 Å². The zero-order valence-electron chi connectivity index (χ0n) is 18.7. The molecule has 0 atom stereocenters. The topological polar surface area (TPSA) is 3.24 Å². The van der Waals surface area contributed by atoms with E-state index in [1.54, 1.807) is 0 Å². The molecule has 0 unspecified atom stereocenters. The standard InChI is InChI=1S/C16H19N.C14H14/c1-2-17(13-15-9-5-3-6-10-15)14-16-11-7-4-8-12-16;1-12(13-8-4-2-5-9-13)14-10-6-3-7-11-14/h3-12H,2,13-14H2,1H3;2-12H,1H3. The smallest absolute Gasteiger partial charge is 0.0237 e. The molecule has 0 saturated carbocycles. The first-order chi connectivity index (χ1) is 15.3. The number of nitrogens with zero attached hydrogens (tertiary/aromatic N) is 1. The van der Waals surface area contributed by atoms with Gasteiger partial charge in [-0.25, -0.2) is 0 Å². The van der Waals surface area contributed by atoms with Crippen LogP contribution in [0.3, 0.4) is 0 Å². The van der Waals surface area contributed by atoms with E-state index in [2.05, 4.69) is 140 Å². The van der Waals surface area contributed by atoms with Crippen LogP contribution in [0.4, 0.5) is 0 Å². The molecule has 4 aromatic carbocycles. The number of hydrogen-bond acceptors (Lipinski definition) is 1. The molecule has 31 heavy (non-hydrogen) atoms. The van der Waals surface area contributed by atoms with E-state index < -0.39 is 0 Å². The Kier molecular flexibility index (Phi) is 9.09. The molecule has 0 fully saturated rings. The molecule has 4 aromatic rings. The van der Waals surface area contributed by atoms with Gasteiger partial charge in [0.15, 0.2) is 0 Å². The lowest BCUT2D eigenvalue weighted by Gasteiger charge is -2.20. The molecule has 0 N–H and O–H groups in total. The molecule has 0 bridgehead atoms. The second-order valence-electron chi connectivity index (χ2n) is 7.82. The highest BCUT2D eigenvalue weighted by Crippen LogP contribution is 2.22. The Morgan fingerprint density at radius 3 is 1.16 bits per heavy atom. The summed E-state index contributed by atoms with van der Waals surface area (Å²) < 4.78 is 0. The van der Waals surface area contributed by atoms with E-state index in [1.165, 1.54) is 22.3 Å². The predicted octanol–water partition coefficient (Wildman–Crippen LogP) is 7.55. The summed E-state index contributed by atoms with van der Waals surface area (Å²) in [6, 6.07) is 42.5. The van der Waals surface area contributed by atoms with Gasteiger partial charge in [0.2, 0.25) is 0 Å². The molecule has 1 heteroatoms. The van der Waals surface area contributed by atoms with Crippen LogP contribution in [0.1, 0.15) is 42.0 Å². The highest BCUT2D eigenvalue weighted by molar-refractivity contribution is 5.31. The van der Waals surface area contributed by atoms with Crippen LogP contribution in [0, 0.1) is 0 Å². The molecule has 0 aliphatic rings. The van der Waals surface area contributed by atoms with Gasteiger partial charge < -0.3 is 0 Å². The van der Waals surface area contributed by atoms with Crippen molar-refractivity contribution < 1.29 is 0 Å². The molecule has 158 valence electrons. The highest BCUT2D eigenvalue weighted by atomic mass is 15.1. The number of rotatable bonds is 7. The maximum Gasteiger partial charge on any atom is 0.0237 e. The van der Waals surface area contributed by atoms with Crippen molar-refractivity contribution in [2.45, 2.75) is 32.9 Å². The average Bonchev–Trinajstić information content (AvgIpc) is 2.86. The first-order valence-corrected chi connectivity index (χ1v) is 11.2. The Hall–Kier alpha value is -3.16. The molecule has 1 nitrogen and oxygen atoms in total. The van der Waals surface area contributed by atoms with Gasteiger partial charge in [-0.3, -0.25) is 4.90 Å². The van der Waals surface area contributed by atoms with Crippen molar-refractivity contribution in [2.24, 2.45) is 0 Å². The fourth-order valence-electron chi connectivity index (χ4n) is 3.64. The molecule has 0 heterocycles. The fraction of sp³-hybridized carbons (Fsp3) is 0.200. The van der Waals surface area contributed by atoms with Crippen molar-refractivity contribution in [2.75, 3.05) is 6.54 Å². The molecule has 0 radical (unpaired) electrons. The van der Waals surface area contributed by atoms with Crippen LogP contribution in [0.2, 0.25) is 0 Å². The lowest BCUT2D eigenvalue weighted by Crippen LogP contribution is -2.22. The minimum atomic E-state index is 0.484. The van der Waals surface area contributed by atoms with Crippen molar-refractivity contribution in [3.05, 3.63) is 144 Å². The van der Waals surface area contributed by atoms with Crippen molar-refractivity contribution in [1.29, 1.82) is 0 Å². The Bertz CT molecular complexity index is 885. The van der Waals surface area contributed by atoms with E-state index >= 15 is 0 Å². The van der Waals surface area contributed by atoms with Crippen LogP contribution in [0.25, 0.3) is 0 Å². The Morgan fingerprint density at radius 1 is 0.516 bits per heavy atom. The second-order valence-corrected chi connectivity index (χ2v) is 7.82. The molecule has 0 saturated heterocycles. The minimum absolute atomic E-state index is 0.484. The Labute approximate surface area is 188 Å². The van der Waals surface area contributed by atoms with Crippen LogP contribution < -0.4 is 0 Å². The molecule has 0 spiro atoms. The summed E-state index contributed by atoms with van der Waals surface area (Å²) in [6.45, 7) is 7.57. The first-order valence-electron chi connectivity index (χ1n) is 11.2. The Balaban J connectivity index is 0.000000179. The molecular weight excluding hydrogens is 374 g/mol. The van der Waals surface area contributed by atoms with Crippen LogP contribution in [0.5, 0.6) is 0 Å². The van der Waals surface area contributed by atoms with Crippen LogP contribution >= 0.6 is 0 Å². The van der Waals surface area contributed by atoms with Gasteiger partial charge >= 0.3 is 0 Å². The monoisotopic (exact) mass is 407 g/mol. The van der Waals surface area contributed by atoms with E-state index in [0.29, 0.717) is 5.92 Å². The van der Waals surface area contributed by atoms with E-state index in [4.69, 9.17) is 0 Å². The van der Waals surface area contributed by atoms with Gasteiger partial charge in [-0.2, -0.15) is 0 Å². The third kappa shape index (κ3) is 7.55. The van der Waals surface area contributed by atoms with E-state index in [1.807, 2.05) is 0 Å². The van der Waals surface area contributed by atoms with Crippen molar-refractivity contribution >= 4 is 0 Å². The predicted molar refractivity (Wildman–Crippen MR) is 133 cm³/mol. The number of benzene rings is 4. The van der Waals surface area contributed by atoms with Crippen molar-refractivity contribution in [1.82, 2.24) is 4.90 Å². The molecule has 0 aromatic heterocycles. The highest BCUT2D eigenvalue weighted by Gasteiger charge is 2.06. The summed E-state index contributed by atoms with van der Waals surface area (Å²) in [5.41, 5.74) is 5.51. The van der Waals surface area contributed by atoms with Crippen LogP contribution in [-0.4, -0.2) is 11.4 Å². The van der Waals surface area contributed by atoms with E-state index in [0.717, 1.165) is 19.6 Å². The normalized spacial score (nSPS) is 10.6. The van der Waals surface area contributed by atoms with E-state index in [9.17, 15) is 0 Å². The summed E-state index contributed by atoms with van der Waals surface area (Å²) in [4.78, 5) is 2.45. The van der Waals surface area contributed by atoms with Crippen molar-refractivity contribution in [3.8, 4) is 0 Å². The fourth-order valence-corrected chi connectivity index (χ4v) is 3.64. The van der Waals surface area contributed by atoms with E-state index in [-0.39, 0.29) is 0 Å². The van der Waals surface area contributed by atoms with Gasteiger partial charge in [-0.15, -0.1) is 0 Å². The second kappa shape index (κ2) is 12.5.